The van der Waals surface area contributed by atoms with Crippen LogP contribution in [0.15, 0.2) is 0 Å². The van der Waals surface area contributed by atoms with E-state index >= 15 is 0 Å². The van der Waals surface area contributed by atoms with E-state index in [0.717, 1.165) is 0 Å². The molecule has 4 nitrogen and oxygen atoms in total. The molecule has 0 aromatic heterocycles. The molecule has 1 rings (SSSR count). The van der Waals surface area contributed by atoms with Gasteiger partial charge in [0.1, 0.15) is 0 Å². The topological polar surface area (TPSA) is 74.6 Å². The van der Waals surface area contributed by atoms with Crippen LogP contribution >= 0.6 is 46.4 Å². The number of carboxylic acids is 2. The van der Waals surface area contributed by atoms with Gasteiger partial charge in [-0.05, 0) is 0 Å². The Labute approximate surface area is 131 Å². The molecule has 0 amide bonds. The third-order valence-electron chi connectivity index (χ3n) is 1.69. The minimum absolute atomic E-state index is 0. The molecule has 1 aromatic carbocycles. The summed E-state index contributed by atoms with van der Waals surface area (Å²) in [5, 5.41) is 16.1. The van der Waals surface area contributed by atoms with Crippen LogP contribution in [0.4, 0.5) is 0 Å². The minimum atomic E-state index is -1.55. The van der Waals surface area contributed by atoms with Gasteiger partial charge in [0.25, 0.3) is 0 Å². The quantitative estimate of drug-likeness (QED) is 0.442. The van der Waals surface area contributed by atoms with Crippen molar-refractivity contribution in [2.75, 3.05) is 0 Å². The van der Waals surface area contributed by atoms with Gasteiger partial charge in [0.05, 0.1) is 31.2 Å². The van der Waals surface area contributed by atoms with E-state index in [-0.39, 0.29) is 32.4 Å². The Morgan fingerprint density at radius 1 is 0.706 bits per heavy atom. The molecule has 0 spiro atoms. The number of halogens is 4. The second-order valence-corrected chi connectivity index (χ2v) is 4.13. The molecule has 0 atom stereocenters. The predicted octanol–water partition coefficient (Wildman–Crippen LogP) is 3.69. The first-order valence-electron chi connectivity index (χ1n) is 3.61. The predicted molar refractivity (Wildman–Crippen MR) is 60.4 cm³/mol. The number of aromatic carboxylic acids is 2. The molecule has 2 N–H and O–H groups in total. The summed E-state index contributed by atoms with van der Waals surface area (Å²) in [4.78, 5) is 21.7. The van der Waals surface area contributed by atoms with Gasteiger partial charge in [-0.2, -0.15) is 0 Å². The SMILES string of the molecule is O=C(O)c1c(Cl)c(Cl)c(Cl)c(Cl)c1C(=O)O.[Ag]. The van der Waals surface area contributed by atoms with Crippen molar-refractivity contribution in [1.82, 2.24) is 0 Å². The van der Waals surface area contributed by atoms with Crippen LogP contribution in [0.5, 0.6) is 0 Å². The normalized spacial score (nSPS) is 9.65. The van der Waals surface area contributed by atoms with E-state index in [2.05, 4.69) is 0 Å². The van der Waals surface area contributed by atoms with Gasteiger partial charge in [0.15, 0.2) is 0 Å². The van der Waals surface area contributed by atoms with Crippen LogP contribution in [0.2, 0.25) is 20.1 Å². The first kappa shape index (κ1) is 17.1. The zero-order valence-corrected chi connectivity index (χ0v) is 12.0. The Balaban J connectivity index is 0.00000256. The molecule has 0 saturated heterocycles. The zero-order valence-electron chi connectivity index (χ0n) is 7.52. The second kappa shape index (κ2) is 6.29. The summed E-state index contributed by atoms with van der Waals surface area (Å²) in [6, 6.07) is 0. The molecule has 0 fully saturated rings. The summed E-state index contributed by atoms with van der Waals surface area (Å²) < 4.78 is 0. The number of hydrogen-bond acceptors (Lipinski definition) is 2. The van der Waals surface area contributed by atoms with Crippen LogP contribution in [0.1, 0.15) is 20.7 Å². The molecule has 17 heavy (non-hydrogen) atoms. The molecule has 0 aliphatic carbocycles. The van der Waals surface area contributed by atoms with Crippen LogP contribution < -0.4 is 0 Å². The van der Waals surface area contributed by atoms with Crippen molar-refractivity contribution >= 4 is 58.3 Å². The third-order valence-corrected chi connectivity index (χ3v) is 3.50. The fraction of sp³-hybridized carbons (Fsp3) is 0. The van der Waals surface area contributed by atoms with E-state index in [1.165, 1.54) is 0 Å². The van der Waals surface area contributed by atoms with Crippen molar-refractivity contribution in [3.8, 4) is 0 Å². The van der Waals surface area contributed by atoms with Gasteiger partial charge in [-0.1, -0.05) is 46.4 Å². The van der Waals surface area contributed by atoms with Crippen LogP contribution in [0.25, 0.3) is 0 Å². The largest absolute Gasteiger partial charge is 0.478 e. The van der Waals surface area contributed by atoms with Crippen molar-refractivity contribution in [3.63, 3.8) is 0 Å². The van der Waals surface area contributed by atoms with Crippen LogP contribution in [0, 0.1) is 0 Å². The van der Waals surface area contributed by atoms with Gasteiger partial charge < -0.3 is 10.2 Å². The molecular weight excluding hydrogens is 410 g/mol. The Bertz CT molecular complexity index is 458. The number of carbonyl (C=O) groups is 2. The average Bonchev–Trinajstić information content (AvgIpc) is 2.18. The fourth-order valence-corrected chi connectivity index (χ4v) is 2.05. The molecule has 0 heterocycles. The molecule has 9 heteroatoms. The summed E-state index contributed by atoms with van der Waals surface area (Å²) in [5.74, 6) is -3.11. The molecule has 0 aliphatic heterocycles. The monoisotopic (exact) mass is 409 g/mol. The molecule has 1 radical (unpaired) electrons. The molecule has 0 unspecified atom stereocenters. The number of rotatable bonds is 2. The van der Waals surface area contributed by atoms with Crippen molar-refractivity contribution in [2.24, 2.45) is 0 Å². The smallest absolute Gasteiger partial charge is 0.338 e. The van der Waals surface area contributed by atoms with Crippen LogP contribution in [-0.2, 0) is 22.4 Å². The molecule has 97 valence electrons. The summed E-state index contributed by atoms with van der Waals surface area (Å²) in [7, 11) is 0. The average molecular weight is 412 g/mol. The third kappa shape index (κ3) is 3.09. The maximum atomic E-state index is 10.9. The van der Waals surface area contributed by atoms with Gasteiger partial charge in [0.2, 0.25) is 0 Å². The molecular formula is C8H2AgCl4O4. The zero-order chi connectivity index (χ0) is 12.6. The molecule has 0 aliphatic rings. The van der Waals surface area contributed by atoms with Gasteiger partial charge >= 0.3 is 11.9 Å². The fourth-order valence-electron chi connectivity index (χ4n) is 1.03. The van der Waals surface area contributed by atoms with Crippen molar-refractivity contribution in [3.05, 3.63) is 31.2 Å². The van der Waals surface area contributed by atoms with Crippen molar-refractivity contribution in [1.29, 1.82) is 0 Å². The van der Waals surface area contributed by atoms with E-state index in [0.29, 0.717) is 0 Å². The molecule has 1 aromatic rings. The second-order valence-electron chi connectivity index (χ2n) is 2.62. The summed E-state index contributed by atoms with van der Waals surface area (Å²) in [6.45, 7) is 0. The van der Waals surface area contributed by atoms with E-state index in [4.69, 9.17) is 56.6 Å². The Kier molecular flexibility index (Phi) is 6.31. The van der Waals surface area contributed by atoms with Gasteiger partial charge in [-0.25, -0.2) is 9.59 Å². The summed E-state index contributed by atoms with van der Waals surface area (Å²) in [6.07, 6.45) is 0. The van der Waals surface area contributed by atoms with E-state index in [9.17, 15) is 9.59 Å². The van der Waals surface area contributed by atoms with E-state index < -0.39 is 33.1 Å². The minimum Gasteiger partial charge on any atom is -0.478 e. The van der Waals surface area contributed by atoms with Crippen molar-refractivity contribution in [2.45, 2.75) is 0 Å². The first-order valence-corrected chi connectivity index (χ1v) is 5.12. The van der Waals surface area contributed by atoms with E-state index in [1.54, 1.807) is 0 Å². The number of benzene rings is 1. The molecule has 0 saturated carbocycles. The Morgan fingerprint density at radius 2 is 0.941 bits per heavy atom. The molecule has 0 bridgehead atoms. The summed E-state index contributed by atoms with van der Waals surface area (Å²) >= 11 is 22.4. The van der Waals surface area contributed by atoms with Gasteiger partial charge in [-0.15, -0.1) is 0 Å². The first-order chi connectivity index (χ1) is 7.29. The van der Waals surface area contributed by atoms with Gasteiger partial charge in [-0.3, -0.25) is 0 Å². The summed E-state index contributed by atoms with van der Waals surface area (Å²) in [5.41, 5.74) is -1.37. The Hall–Kier alpha value is 0.0603. The standard InChI is InChI=1S/C8H2Cl4O4.Ag/c9-3-1(7(13)14)2(8(15)16)4(10)6(12)5(3)11;/h(H,13,14)(H,15,16);. The van der Waals surface area contributed by atoms with Crippen LogP contribution in [0.3, 0.4) is 0 Å². The maximum absolute atomic E-state index is 10.9. The maximum Gasteiger partial charge on any atom is 0.338 e. The number of carboxylic acid groups (broad SMARTS) is 2. The van der Waals surface area contributed by atoms with E-state index in [1.807, 2.05) is 0 Å². The van der Waals surface area contributed by atoms with Crippen molar-refractivity contribution < 1.29 is 42.2 Å². The van der Waals surface area contributed by atoms with Gasteiger partial charge in [0, 0.05) is 22.4 Å². The van der Waals surface area contributed by atoms with Crippen LogP contribution in [-0.4, -0.2) is 22.2 Å². The Morgan fingerprint density at radius 3 is 1.12 bits per heavy atom. The number of hydrogen-bond donors (Lipinski definition) is 2.